The molecule has 1 aliphatic rings. The first-order valence-electron chi connectivity index (χ1n) is 6.77. The number of pyridine rings is 1. The van der Waals surface area contributed by atoms with Gasteiger partial charge in [0.2, 0.25) is 0 Å². The SMILES string of the molecule is N#CC1(C(O)c2cccc3cccnc23)CCCOC1. The fourth-order valence-electron chi connectivity index (χ4n) is 2.83. The lowest BCUT2D eigenvalue weighted by molar-refractivity contribution is -0.0501. The van der Waals surface area contributed by atoms with Crippen molar-refractivity contribution in [2.24, 2.45) is 5.41 Å². The molecule has 0 radical (unpaired) electrons. The maximum atomic E-state index is 10.8. The minimum atomic E-state index is -0.883. The molecule has 0 spiro atoms. The van der Waals surface area contributed by atoms with Crippen LogP contribution in [0.2, 0.25) is 0 Å². The molecule has 1 aromatic heterocycles. The van der Waals surface area contributed by atoms with Crippen molar-refractivity contribution in [3.05, 3.63) is 42.1 Å². The summed E-state index contributed by atoms with van der Waals surface area (Å²) in [6.45, 7) is 0.928. The van der Waals surface area contributed by atoms with E-state index < -0.39 is 11.5 Å². The van der Waals surface area contributed by atoms with E-state index in [1.165, 1.54) is 0 Å². The highest BCUT2D eigenvalue weighted by Crippen LogP contribution is 2.41. The Hall–Kier alpha value is -1.96. The highest BCUT2D eigenvalue weighted by molar-refractivity contribution is 5.82. The number of fused-ring (bicyclic) bond motifs is 1. The first-order chi connectivity index (χ1) is 9.77. The molecular formula is C16H16N2O2. The molecule has 2 atom stereocenters. The van der Waals surface area contributed by atoms with Crippen molar-refractivity contribution in [2.75, 3.05) is 13.2 Å². The highest BCUT2D eigenvalue weighted by Gasteiger charge is 2.42. The van der Waals surface area contributed by atoms with E-state index in [2.05, 4.69) is 11.1 Å². The smallest absolute Gasteiger partial charge is 0.111 e. The van der Waals surface area contributed by atoms with Crippen LogP contribution in [0.4, 0.5) is 0 Å². The Morgan fingerprint density at radius 1 is 1.35 bits per heavy atom. The fraction of sp³-hybridized carbons (Fsp3) is 0.375. The predicted molar refractivity (Wildman–Crippen MR) is 74.8 cm³/mol. The van der Waals surface area contributed by atoms with Crippen molar-refractivity contribution < 1.29 is 9.84 Å². The van der Waals surface area contributed by atoms with Crippen molar-refractivity contribution in [1.82, 2.24) is 4.98 Å². The minimum absolute atomic E-state index is 0.272. The molecule has 0 saturated carbocycles. The van der Waals surface area contributed by atoms with Gasteiger partial charge >= 0.3 is 0 Å². The molecule has 1 fully saturated rings. The van der Waals surface area contributed by atoms with Gasteiger partial charge in [-0.2, -0.15) is 5.26 Å². The van der Waals surface area contributed by atoms with Crippen LogP contribution in [-0.4, -0.2) is 23.3 Å². The van der Waals surface area contributed by atoms with E-state index in [4.69, 9.17) is 4.74 Å². The second-order valence-corrected chi connectivity index (χ2v) is 5.25. The Morgan fingerprint density at radius 2 is 2.20 bits per heavy atom. The van der Waals surface area contributed by atoms with Crippen LogP contribution in [0.1, 0.15) is 24.5 Å². The zero-order valence-electron chi connectivity index (χ0n) is 11.1. The first kappa shape index (κ1) is 13.0. The highest BCUT2D eigenvalue weighted by atomic mass is 16.5. The van der Waals surface area contributed by atoms with Gasteiger partial charge in [-0.3, -0.25) is 4.98 Å². The van der Waals surface area contributed by atoms with Crippen molar-refractivity contribution >= 4 is 10.9 Å². The van der Waals surface area contributed by atoms with Crippen molar-refractivity contribution in [1.29, 1.82) is 5.26 Å². The van der Waals surface area contributed by atoms with Crippen molar-refractivity contribution in [3.8, 4) is 6.07 Å². The van der Waals surface area contributed by atoms with Crippen LogP contribution in [0.15, 0.2) is 36.5 Å². The summed E-state index contributed by atoms with van der Waals surface area (Å²) in [4.78, 5) is 4.35. The molecule has 3 rings (SSSR count). The summed E-state index contributed by atoms with van der Waals surface area (Å²) in [5.74, 6) is 0. The lowest BCUT2D eigenvalue weighted by Gasteiger charge is -2.35. The number of ether oxygens (including phenoxy) is 1. The third-order valence-electron chi connectivity index (χ3n) is 3.98. The maximum Gasteiger partial charge on any atom is 0.111 e. The molecule has 1 aromatic carbocycles. The Labute approximate surface area is 117 Å². The topological polar surface area (TPSA) is 66.1 Å². The molecule has 0 bridgehead atoms. The number of hydrogen-bond donors (Lipinski definition) is 1. The van der Waals surface area contributed by atoms with Crippen LogP contribution in [-0.2, 0) is 4.74 Å². The molecule has 20 heavy (non-hydrogen) atoms. The van der Waals surface area contributed by atoms with Gasteiger partial charge in [0.15, 0.2) is 0 Å². The normalized spacial score (nSPS) is 24.2. The van der Waals surface area contributed by atoms with Crippen LogP contribution in [0.3, 0.4) is 0 Å². The Balaban J connectivity index is 2.08. The van der Waals surface area contributed by atoms with E-state index in [-0.39, 0.29) is 6.61 Å². The molecule has 4 nitrogen and oxygen atoms in total. The van der Waals surface area contributed by atoms with Gasteiger partial charge in [0.05, 0.1) is 18.2 Å². The fourth-order valence-corrected chi connectivity index (χ4v) is 2.83. The summed E-state index contributed by atoms with van der Waals surface area (Å²) >= 11 is 0. The minimum Gasteiger partial charge on any atom is -0.387 e. The Bertz CT molecular complexity index is 652. The number of aromatic nitrogens is 1. The van der Waals surface area contributed by atoms with Gasteiger partial charge in [-0.05, 0) is 18.9 Å². The number of para-hydroxylation sites is 1. The number of benzene rings is 1. The second-order valence-electron chi connectivity index (χ2n) is 5.25. The number of aliphatic hydroxyl groups is 1. The molecule has 1 aliphatic heterocycles. The number of aliphatic hydroxyl groups excluding tert-OH is 1. The summed E-state index contributed by atoms with van der Waals surface area (Å²) in [6, 6.07) is 11.8. The monoisotopic (exact) mass is 268 g/mol. The molecule has 0 aliphatic carbocycles. The lowest BCUT2D eigenvalue weighted by Crippen LogP contribution is -2.36. The van der Waals surface area contributed by atoms with E-state index in [9.17, 15) is 10.4 Å². The van der Waals surface area contributed by atoms with Crippen molar-refractivity contribution in [2.45, 2.75) is 18.9 Å². The predicted octanol–water partition coefficient (Wildman–Crippen LogP) is 2.59. The average Bonchev–Trinajstić information content (AvgIpc) is 2.54. The maximum absolute atomic E-state index is 10.8. The Morgan fingerprint density at radius 3 is 2.95 bits per heavy atom. The molecule has 102 valence electrons. The summed E-state index contributed by atoms with van der Waals surface area (Å²) in [7, 11) is 0. The number of hydrogen-bond acceptors (Lipinski definition) is 4. The quantitative estimate of drug-likeness (QED) is 0.909. The first-order valence-corrected chi connectivity index (χ1v) is 6.77. The largest absolute Gasteiger partial charge is 0.387 e. The van der Waals surface area contributed by atoms with Crippen LogP contribution in [0.25, 0.3) is 10.9 Å². The number of nitrogens with zero attached hydrogens (tertiary/aromatic N) is 2. The van der Waals surface area contributed by atoms with Crippen molar-refractivity contribution in [3.63, 3.8) is 0 Å². The average molecular weight is 268 g/mol. The summed E-state index contributed by atoms with van der Waals surface area (Å²) in [5.41, 5.74) is 0.585. The number of rotatable bonds is 2. The van der Waals surface area contributed by atoms with Crippen LogP contribution in [0, 0.1) is 16.7 Å². The van der Waals surface area contributed by atoms with Gasteiger partial charge in [0.25, 0.3) is 0 Å². The van der Waals surface area contributed by atoms with Gasteiger partial charge in [0.1, 0.15) is 11.5 Å². The standard InChI is InChI=1S/C16H16N2O2/c17-10-16(7-3-9-20-11-16)15(19)13-6-1-4-12-5-2-8-18-14(12)13/h1-2,4-6,8,15,19H,3,7,9,11H2. The third-order valence-corrected chi connectivity index (χ3v) is 3.98. The van der Waals surface area contributed by atoms with Gasteiger partial charge in [-0.1, -0.05) is 24.3 Å². The molecular weight excluding hydrogens is 252 g/mol. The van der Waals surface area contributed by atoms with Crippen LogP contribution >= 0.6 is 0 Å². The molecule has 2 heterocycles. The zero-order valence-corrected chi connectivity index (χ0v) is 11.1. The lowest BCUT2D eigenvalue weighted by atomic mass is 9.75. The van der Waals surface area contributed by atoms with E-state index in [1.807, 2.05) is 30.3 Å². The van der Waals surface area contributed by atoms with E-state index in [0.717, 1.165) is 17.3 Å². The summed E-state index contributed by atoms with van der Waals surface area (Å²) < 4.78 is 5.43. The third kappa shape index (κ3) is 2.05. The molecule has 2 unspecified atom stereocenters. The number of nitriles is 1. The molecule has 2 aromatic rings. The van der Waals surface area contributed by atoms with Gasteiger partial charge in [0, 0.05) is 23.8 Å². The van der Waals surface area contributed by atoms with Crippen LogP contribution in [0.5, 0.6) is 0 Å². The van der Waals surface area contributed by atoms with E-state index in [0.29, 0.717) is 18.6 Å². The Kier molecular flexibility index (Phi) is 3.39. The molecule has 4 heteroatoms. The molecule has 1 saturated heterocycles. The van der Waals surface area contributed by atoms with Gasteiger partial charge < -0.3 is 9.84 Å². The molecule has 1 N–H and O–H groups in total. The summed E-state index contributed by atoms with van der Waals surface area (Å²) in [5, 5.41) is 21.3. The van der Waals surface area contributed by atoms with E-state index >= 15 is 0 Å². The van der Waals surface area contributed by atoms with Gasteiger partial charge in [-0.15, -0.1) is 0 Å². The van der Waals surface area contributed by atoms with Crippen LogP contribution < -0.4 is 0 Å². The summed E-state index contributed by atoms with van der Waals surface area (Å²) in [6.07, 6.45) is 2.26. The second kappa shape index (κ2) is 5.20. The van der Waals surface area contributed by atoms with E-state index in [1.54, 1.807) is 6.20 Å². The molecule has 0 amide bonds. The zero-order chi connectivity index (χ0) is 14.0. The van der Waals surface area contributed by atoms with Gasteiger partial charge in [-0.25, -0.2) is 0 Å².